The number of aromatic nitrogens is 1. The Hall–Kier alpha value is -3.42. The molecule has 2 aromatic heterocycles. The smallest absolute Gasteiger partial charge is 0.254 e. The number of aromatic carboxylic acids is 1. The summed E-state index contributed by atoms with van der Waals surface area (Å²) in [5, 5.41) is 12.4. The number of ether oxygens (including phenoxy) is 1. The number of anilines is 1. The number of carbonyl (C=O) groups excluding carboxylic acids is 3. The maximum Gasteiger partial charge on any atom is 0.254 e. The van der Waals surface area contributed by atoms with Gasteiger partial charge in [0.15, 0.2) is 0 Å². The van der Waals surface area contributed by atoms with Gasteiger partial charge in [0.2, 0.25) is 11.8 Å². The van der Waals surface area contributed by atoms with Gasteiger partial charge in [-0.25, -0.2) is 4.98 Å². The van der Waals surface area contributed by atoms with Gasteiger partial charge in [0.25, 0.3) is 5.91 Å². The SMILES string of the molecule is CC1CCC(C(=O)N(c2cc(C#CC(C)(C)C)sc2C(=O)[O-])C2CCC(Oc3cc(C(=O)N4CCC(N(C)C)C4)ccn3)CC2)CC1. The van der Waals surface area contributed by atoms with Crippen LogP contribution in [0.5, 0.6) is 5.88 Å². The zero-order valence-corrected chi connectivity index (χ0v) is 29.5. The Labute approximate surface area is 283 Å². The third-order valence-corrected chi connectivity index (χ3v) is 10.8. The first-order valence-corrected chi connectivity index (χ1v) is 17.9. The van der Waals surface area contributed by atoms with Gasteiger partial charge < -0.3 is 29.3 Å². The van der Waals surface area contributed by atoms with E-state index in [1.54, 1.807) is 29.3 Å². The van der Waals surface area contributed by atoms with Gasteiger partial charge in [-0.2, -0.15) is 0 Å². The monoisotopic (exact) mass is 661 g/mol. The predicted octanol–water partition coefficient (Wildman–Crippen LogP) is 5.23. The van der Waals surface area contributed by atoms with Crippen molar-refractivity contribution in [3.8, 4) is 17.7 Å². The molecule has 3 fully saturated rings. The fourth-order valence-electron chi connectivity index (χ4n) is 6.95. The number of hydrogen-bond donors (Lipinski definition) is 0. The van der Waals surface area contributed by atoms with Crippen molar-refractivity contribution < 1.29 is 24.2 Å². The molecule has 3 aliphatic rings. The average Bonchev–Trinajstić information content (AvgIpc) is 3.69. The fourth-order valence-corrected chi connectivity index (χ4v) is 7.78. The van der Waals surface area contributed by atoms with E-state index in [0.29, 0.717) is 66.2 Å². The molecule has 0 spiro atoms. The van der Waals surface area contributed by atoms with Crippen molar-refractivity contribution in [2.75, 3.05) is 32.1 Å². The van der Waals surface area contributed by atoms with Crippen LogP contribution in [0.2, 0.25) is 0 Å². The zero-order valence-electron chi connectivity index (χ0n) is 28.7. The number of thiophene rings is 1. The molecule has 1 saturated heterocycles. The van der Waals surface area contributed by atoms with Crippen LogP contribution < -0.4 is 14.7 Å². The molecule has 2 aliphatic carbocycles. The molecule has 1 aliphatic heterocycles. The molecule has 0 aromatic carbocycles. The zero-order chi connectivity index (χ0) is 33.9. The van der Waals surface area contributed by atoms with Crippen LogP contribution in [0.3, 0.4) is 0 Å². The number of carboxylic acid groups (broad SMARTS) is 1. The van der Waals surface area contributed by atoms with Gasteiger partial charge in [0.1, 0.15) is 6.10 Å². The summed E-state index contributed by atoms with van der Waals surface area (Å²) in [5.41, 5.74) is 0.732. The summed E-state index contributed by atoms with van der Waals surface area (Å²) in [4.78, 5) is 50.8. The minimum Gasteiger partial charge on any atom is -0.544 e. The van der Waals surface area contributed by atoms with Crippen LogP contribution in [0, 0.1) is 29.1 Å². The summed E-state index contributed by atoms with van der Waals surface area (Å²) >= 11 is 1.09. The second-order valence-electron chi connectivity index (χ2n) is 14.9. The molecular formula is C37H49N4O5S-. The lowest BCUT2D eigenvalue weighted by Gasteiger charge is -2.39. The number of amides is 2. The summed E-state index contributed by atoms with van der Waals surface area (Å²) in [6.45, 7) is 9.68. The Balaban J connectivity index is 1.31. The highest BCUT2D eigenvalue weighted by Crippen LogP contribution is 2.39. The van der Waals surface area contributed by atoms with E-state index in [1.165, 1.54) is 0 Å². The van der Waals surface area contributed by atoms with E-state index in [1.807, 2.05) is 39.8 Å². The Kier molecular flexibility index (Phi) is 11.0. The van der Waals surface area contributed by atoms with Crippen molar-refractivity contribution in [2.24, 2.45) is 17.3 Å². The second-order valence-corrected chi connectivity index (χ2v) is 15.9. The van der Waals surface area contributed by atoms with Crippen molar-refractivity contribution >= 4 is 34.8 Å². The van der Waals surface area contributed by atoms with Crippen molar-refractivity contribution in [3.05, 3.63) is 39.7 Å². The number of carboxylic acids is 1. The fraction of sp³-hybridized carbons (Fsp3) is 0.622. The first-order chi connectivity index (χ1) is 22.3. The summed E-state index contributed by atoms with van der Waals surface area (Å²) in [7, 11) is 4.08. The average molecular weight is 662 g/mol. The summed E-state index contributed by atoms with van der Waals surface area (Å²) in [6.07, 6.45) is 8.72. The minimum atomic E-state index is -1.28. The van der Waals surface area contributed by atoms with E-state index in [9.17, 15) is 19.5 Å². The topological polar surface area (TPSA) is 106 Å². The highest BCUT2D eigenvalue weighted by molar-refractivity contribution is 7.15. The lowest BCUT2D eigenvalue weighted by molar-refractivity contribution is -0.254. The van der Waals surface area contributed by atoms with Crippen molar-refractivity contribution in [3.63, 3.8) is 0 Å². The molecule has 254 valence electrons. The van der Waals surface area contributed by atoms with Crippen LogP contribution in [0.4, 0.5) is 5.69 Å². The molecular weight excluding hydrogens is 612 g/mol. The van der Waals surface area contributed by atoms with Gasteiger partial charge in [-0.05, 0) is 111 Å². The highest BCUT2D eigenvalue weighted by Gasteiger charge is 2.37. The van der Waals surface area contributed by atoms with Gasteiger partial charge in [0.05, 0.1) is 21.4 Å². The molecule has 2 aromatic rings. The normalized spacial score (nSPS) is 24.8. The molecule has 2 amide bonds. The number of hydrogen-bond acceptors (Lipinski definition) is 8. The Morgan fingerprint density at radius 1 is 1.00 bits per heavy atom. The number of likely N-dealkylation sites (N-methyl/N-ethyl adjacent to an activating group) is 1. The molecule has 3 heterocycles. The largest absolute Gasteiger partial charge is 0.544 e. The maximum atomic E-state index is 14.2. The number of likely N-dealkylation sites (tertiary alicyclic amines) is 1. The number of carbonyl (C=O) groups is 3. The van der Waals surface area contributed by atoms with Crippen LogP contribution in [0.15, 0.2) is 24.4 Å². The summed E-state index contributed by atoms with van der Waals surface area (Å²) in [5.74, 6) is 5.91. The molecule has 9 nitrogen and oxygen atoms in total. The lowest BCUT2D eigenvalue weighted by atomic mass is 9.81. The quantitative estimate of drug-likeness (QED) is 0.357. The van der Waals surface area contributed by atoms with Gasteiger partial charge in [-0.1, -0.05) is 18.8 Å². The Bertz CT molecular complexity index is 1500. The van der Waals surface area contributed by atoms with Gasteiger partial charge in [-0.15, -0.1) is 11.3 Å². The Morgan fingerprint density at radius 2 is 1.70 bits per heavy atom. The lowest BCUT2D eigenvalue weighted by Crippen LogP contribution is -2.47. The van der Waals surface area contributed by atoms with E-state index in [2.05, 4.69) is 28.6 Å². The predicted molar refractivity (Wildman–Crippen MR) is 182 cm³/mol. The molecule has 5 rings (SSSR count). The van der Waals surface area contributed by atoms with Gasteiger partial charge >= 0.3 is 0 Å². The second kappa shape index (κ2) is 14.8. The molecule has 1 atom stereocenters. The standard InChI is InChI=1S/C37H50N4O5S/c1-24-7-9-25(10-8-24)35(43)41(31-22-30(15-18-37(2,3)4)47-33(31)36(44)45)27-11-13-29(14-12-27)46-32-21-26(16-19-38-32)34(42)40-20-17-28(23-40)39(5)6/h16,19,21-22,24-25,27-29H,7-14,17,20,23H2,1-6H3,(H,44,45)/p-1. The van der Waals surface area contributed by atoms with Crippen molar-refractivity contribution in [2.45, 2.75) is 104 Å². The first kappa shape index (κ1) is 34.9. The van der Waals surface area contributed by atoms with E-state index in [4.69, 9.17) is 4.74 Å². The summed E-state index contributed by atoms with van der Waals surface area (Å²) < 4.78 is 6.31. The molecule has 0 bridgehead atoms. The first-order valence-electron chi connectivity index (χ1n) is 17.1. The third kappa shape index (κ3) is 8.74. The van der Waals surface area contributed by atoms with Crippen LogP contribution in [0.25, 0.3) is 0 Å². The van der Waals surface area contributed by atoms with E-state index >= 15 is 0 Å². The van der Waals surface area contributed by atoms with E-state index < -0.39 is 5.97 Å². The maximum absolute atomic E-state index is 14.2. The van der Waals surface area contributed by atoms with Crippen LogP contribution >= 0.6 is 11.3 Å². The highest BCUT2D eigenvalue weighted by atomic mass is 32.1. The third-order valence-electron chi connectivity index (χ3n) is 9.78. The molecule has 0 radical (unpaired) electrons. The molecule has 47 heavy (non-hydrogen) atoms. The van der Waals surface area contributed by atoms with Gasteiger partial charge in [-0.3, -0.25) is 9.59 Å². The summed E-state index contributed by atoms with van der Waals surface area (Å²) in [6, 6.07) is 5.43. The molecule has 2 saturated carbocycles. The minimum absolute atomic E-state index is 0.00296. The van der Waals surface area contributed by atoms with Crippen LogP contribution in [0.1, 0.15) is 110 Å². The van der Waals surface area contributed by atoms with Crippen molar-refractivity contribution in [1.29, 1.82) is 0 Å². The van der Waals surface area contributed by atoms with E-state index in [-0.39, 0.29) is 40.2 Å². The van der Waals surface area contributed by atoms with E-state index in [0.717, 1.165) is 50.0 Å². The van der Waals surface area contributed by atoms with Crippen LogP contribution in [-0.2, 0) is 4.79 Å². The van der Waals surface area contributed by atoms with Gasteiger partial charge in [0, 0.05) is 54.3 Å². The Morgan fingerprint density at radius 3 is 2.32 bits per heavy atom. The number of pyridine rings is 1. The molecule has 0 N–H and O–H groups in total. The number of rotatable bonds is 8. The number of nitrogens with zero attached hydrogens (tertiary/aromatic N) is 4. The van der Waals surface area contributed by atoms with Crippen LogP contribution in [-0.4, -0.2) is 77.9 Å². The molecule has 10 heteroatoms. The van der Waals surface area contributed by atoms with Crippen molar-refractivity contribution in [1.82, 2.24) is 14.8 Å². The molecule has 1 unspecified atom stereocenters.